The normalized spacial score (nSPS) is 22.5. The van der Waals surface area contributed by atoms with Crippen molar-refractivity contribution in [2.75, 3.05) is 20.7 Å². The van der Waals surface area contributed by atoms with Crippen molar-refractivity contribution in [3.8, 4) is 0 Å². The number of hydrogen-bond acceptors (Lipinski definition) is 6. The summed E-state index contributed by atoms with van der Waals surface area (Å²) in [5, 5.41) is 86.8. The Balaban J connectivity index is 0.00000516. The summed E-state index contributed by atoms with van der Waals surface area (Å²) in [6.45, 7) is 12.2. The topological polar surface area (TPSA) is 101 Å². The molecule has 3 aliphatic heterocycles. The Morgan fingerprint density at radius 1 is 0.490 bits per heavy atom. The molecule has 0 amide bonds. The van der Waals surface area contributed by atoms with Crippen LogP contribution < -0.4 is 9.97 Å². The van der Waals surface area contributed by atoms with Crippen LogP contribution in [0.4, 0.5) is 0 Å². The standard InChI is InChI=1S/C95H38N5O3.Zn/c1-8-20-16(2)23-14-28-31(18(4)25(97-28)12-24-17(3)21(9-10-30(102)103-7)91(98-24)22-11-29(101)32-19(5)26(99-92(22)32)13-27(20)96-23)93-95-89-83-77-67-55-47-39-35-33-34-37-41(39)49(55)59-53-45(37)46-38(34)42-40-36(33)44-43(35)51-57(47)65-71-61(51)62-52(44)58-48(40)56-50(42)60-54(46)64-63(53)75(69(59)77)85(89)86-76(64)70(60)78-68(56)74-66(58)72(62)80-79(71)87(81(83)73(65)67)94(95,15-100(93)6)88(80)82(74)84(78)90(86)95;/h12-14,17,21,93H,8-11,15H2,1-7H3,(H-,96,97,98,99,101);/q-1;+2/p-1/t17-,21-,93?,94?,95?;/m0./s1. The molecule has 9 heteroatoms. The number of likely N-dealkylation sites (tertiary alicyclic amines) is 1. The number of ether oxygens (including phenoxy) is 1. The maximum absolute atomic E-state index is 14.5. The van der Waals surface area contributed by atoms with Crippen molar-refractivity contribution < 1.29 is 33.8 Å². The number of aryl methyl sites for hydroxylation is 2. The van der Waals surface area contributed by atoms with Crippen molar-refractivity contribution >= 4 is 336 Å². The molecule has 39 rings (SSSR count). The quantitative estimate of drug-likeness (QED) is 0.0954. The molecule has 8 bridgehead atoms. The summed E-state index contributed by atoms with van der Waals surface area (Å²) < 4.78 is 5.35. The predicted octanol–water partition coefficient (Wildman–Crippen LogP) is 22.4. The first-order valence-electron chi connectivity index (χ1n) is 38.0. The number of fused-ring (bicyclic) bond motifs is 8. The molecule has 3 atom stereocenters. The number of rotatable bonds is 5. The predicted molar refractivity (Wildman–Crippen MR) is 421 cm³/mol. The number of hydrogen-bond donors (Lipinski definition) is 0. The van der Waals surface area contributed by atoms with Crippen molar-refractivity contribution in [1.82, 2.24) is 24.8 Å². The summed E-state index contributed by atoms with van der Waals surface area (Å²) in [5.74, 6) is -0.397. The number of Topliss-reactive ketones (excluding diaryl/α,β-unsaturated/α-hetero) is 1. The van der Waals surface area contributed by atoms with Gasteiger partial charge in [0, 0.05) is 54.2 Å². The van der Waals surface area contributed by atoms with E-state index in [1.807, 2.05) is 0 Å². The van der Waals surface area contributed by atoms with Gasteiger partial charge in [-0.3, -0.25) is 19.5 Å². The van der Waals surface area contributed by atoms with E-state index < -0.39 is 10.8 Å². The minimum Gasteiger partial charge on any atom is -0.657 e. The summed E-state index contributed by atoms with van der Waals surface area (Å²) in [5.41, 5.74) is 20.0. The van der Waals surface area contributed by atoms with Gasteiger partial charge < -0.3 is 14.7 Å². The van der Waals surface area contributed by atoms with Crippen molar-refractivity contribution in [3.63, 3.8) is 0 Å². The number of carbonyl (C=O) groups is 2. The number of nitrogens with zero attached hydrogens (tertiary/aromatic N) is 5. The molecule has 1 fully saturated rings. The Hall–Kier alpha value is -11.0. The van der Waals surface area contributed by atoms with Gasteiger partial charge in [-0.25, -0.2) is 4.98 Å². The van der Waals surface area contributed by atoms with Crippen LogP contribution in [-0.2, 0) is 46.3 Å². The van der Waals surface area contributed by atoms with E-state index in [4.69, 9.17) is 24.7 Å². The summed E-state index contributed by atoms with van der Waals surface area (Å²) in [6.07, 6.45) is 1.82. The fraction of sp³-hybridized carbons (Fsp3) is 0.179. The van der Waals surface area contributed by atoms with E-state index >= 15 is 0 Å². The Kier molecular flexibility index (Phi) is 5.51. The third-order valence-electron chi connectivity index (χ3n) is 34.1. The molecule has 28 aromatic carbocycles. The van der Waals surface area contributed by atoms with Crippen LogP contribution in [0.3, 0.4) is 0 Å². The Labute approximate surface area is 591 Å². The molecule has 31 aromatic rings. The van der Waals surface area contributed by atoms with E-state index in [1.54, 1.807) is 313 Å². The largest absolute Gasteiger partial charge is 2.00 e. The minimum atomic E-state index is -0.617. The van der Waals surface area contributed by atoms with E-state index in [0.29, 0.717) is 12.0 Å². The molecule has 1 unspecified atom stereocenters. The maximum atomic E-state index is 14.5. The van der Waals surface area contributed by atoms with Crippen LogP contribution in [0.15, 0.2) is 18.2 Å². The first kappa shape index (κ1) is 47.3. The van der Waals surface area contributed by atoms with Gasteiger partial charge >= 0.3 is 25.4 Å². The molecular formula is C95H37N5O3Zn. The molecule has 8 nitrogen and oxygen atoms in total. The molecule has 2 spiro atoms. The van der Waals surface area contributed by atoms with Crippen molar-refractivity contribution in [2.24, 2.45) is 0 Å². The molecule has 104 heavy (non-hydrogen) atoms. The van der Waals surface area contributed by atoms with Gasteiger partial charge in [0.25, 0.3) is 0 Å². The molecule has 1 saturated heterocycles. The van der Waals surface area contributed by atoms with Crippen LogP contribution in [0.1, 0.15) is 136 Å². The fourth-order valence-corrected chi connectivity index (χ4v) is 32.2. The molecule has 5 aliphatic carbocycles. The van der Waals surface area contributed by atoms with Gasteiger partial charge in [0.15, 0.2) is 5.78 Å². The van der Waals surface area contributed by atoms with Crippen LogP contribution in [0.5, 0.6) is 0 Å². The Morgan fingerprint density at radius 2 is 0.856 bits per heavy atom. The number of allylic oxidation sites excluding steroid dienone is 2. The number of aromatic nitrogens is 4. The summed E-state index contributed by atoms with van der Waals surface area (Å²) in [4.78, 5) is 53.9. The van der Waals surface area contributed by atoms with Crippen molar-refractivity contribution in [2.45, 2.75) is 89.0 Å². The van der Waals surface area contributed by atoms with Gasteiger partial charge in [-0.05, 0) is 376 Å². The molecule has 0 N–H and O–H groups in total. The van der Waals surface area contributed by atoms with E-state index in [1.165, 1.54) is 29.4 Å². The van der Waals surface area contributed by atoms with E-state index in [9.17, 15) is 9.59 Å². The Morgan fingerprint density at radius 3 is 1.24 bits per heavy atom. The number of esters is 1. The molecule has 0 saturated carbocycles. The zero-order valence-electron chi connectivity index (χ0n) is 56.7. The van der Waals surface area contributed by atoms with Crippen molar-refractivity contribution in [3.05, 3.63) is 91.0 Å². The average molecular weight is 1360 g/mol. The minimum absolute atomic E-state index is 0. The van der Waals surface area contributed by atoms with Crippen molar-refractivity contribution in [1.29, 1.82) is 0 Å². The molecule has 3 aromatic heterocycles. The molecule has 6 heterocycles. The number of likely N-dealkylation sites (N-methyl/N-ethyl adjacent to an activating group) is 1. The first-order chi connectivity index (χ1) is 50.6. The SMILES string of the molecule is CCC1=C(C)c2cc3[n-]c(cc4nc(c5c6[n-]c(cc1n2)c(C)c6C(=O)C5)[C@@H](CCC(=O)OC)[C@@H]4C)c(C)c3C1N(C)CC23c4c5c6c7c8c9c(c%10c%11c2c2c4c4c%12c5c5c6c6c8c8c%13c9c9c%10c%10c%11c%11c2c2c4c4c%12c%12c5c5c6c8c6c8c%13c9c9c%10c%10c%11c2c2c4c4c%12c5c6c5c8c9c%10c2c45)C713.[Zn+2]. The van der Waals surface area contributed by atoms with Crippen LogP contribution in [-0.4, -0.2) is 47.3 Å². The monoisotopic (exact) mass is 1360 g/mol. The van der Waals surface area contributed by atoms with E-state index in [-0.39, 0.29) is 61.9 Å². The van der Waals surface area contributed by atoms with E-state index in [2.05, 4.69) is 64.8 Å². The van der Waals surface area contributed by atoms with Gasteiger partial charge in [-0.1, -0.05) is 43.2 Å². The molecule has 0 radical (unpaired) electrons. The third kappa shape index (κ3) is 3.18. The first-order valence-corrected chi connectivity index (χ1v) is 38.0. The number of carbonyl (C=O) groups excluding carboxylic acids is 2. The zero-order chi connectivity index (χ0) is 64.8. The van der Waals surface area contributed by atoms with Crippen LogP contribution in [0.25, 0.3) is 324 Å². The second kappa shape index (κ2) is 12.1. The van der Waals surface area contributed by atoms with Gasteiger partial charge in [0.1, 0.15) is 0 Å². The summed E-state index contributed by atoms with van der Waals surface area (Å²) in [7, 11) is 4.04. The maximum Gasteiger partial charge on any atom is 2.00 e. The molecular weight excluding hydrogens is 1320 g/mol. The van der Waals surface area contributed by atoms with Gasteiger partial charge in [0.05, 0.1) is 29.3 Å². The smallest absolute Gasteiger partial charge is 0.657 e. The third-order valence-corrected chi connectivity index (χ3v) is 34.1. The van der Waals surface area contributed by atoms with Gasteiger partial charge in [-0.15, -0.1) is 22.1 Å². The number of ketones is 1. The van der Waals surface area contributed by atoms with Crippen LogP contribution in [0, 0.1) is 13.8 Å². The fourth-order valence-electron chi connectivity index (χ4n) is 32.2. The second-order valence-corrected chi connectivity index (χ2v) is 35.8. The number of methoxy groups -OCH3 is 1. The summed E-state index contributed by atoms with van der Waals surface area (Å²) in [6, 6.07) is 6.73. The second-order valence-electron chi connectivity index (χ2n) is 35.8. The average Bonchev–Trinajstić information content (AvgIpc) is 1.38. The number of benzene rings is 18. The van der Waals surface area contributed by atoms with Crippen LogP contribution in [0.2, 0.25) is 0 Å². The van der Waals surface area contributed by atoms with Gasteiger partial charge in [-0.2, -0.15) is 0 Å². The molecule has 462 valence electrons. The molecule has 8 aliphatic rings. The van der Waals surface area contributed by atoms with Gasteiger partial charge in [0.2, 0.25) is 0 Å². The Bertz CT molecular complexity index is 9520. The summed E-state index contributed by atoms with van der Waals surface area (Å²) >= 11 is 0. The van der Waals surface area contributed by atoms with E-state index in [0.717, 1.165) is 68.9 Å². The zero-order valence-corrected chi connectivity index (χ0v) is 59.6. The van der Waals surface area contributed by atoms with Crippen LogP contribution >= 0.6 is 0 Å².